The van der Waals surface area contributed by atoms with Crippen LogP contribution >= 0.6 is 0 Å². The molecule has 2 unspecified atom stereocenters. The van der Waals surface area contributed by atoms with Crippen molar-refractivity contribution in [3.63, 3.8) is 0 Å². The molecule has 0 fully saturated rings. The highest BCUT2D eigenvalue weighted by molar-refractivity contribution is 5.80. The Balaban J connectivity index is 3.97. The summed E-state index contributed by atoms with van der Waals surface area (Å²) in [6.45, 7) is 3.47. The molecule has 1 amide bonds. The Kier molecular flexibility index (Phi) is 4.30. The summed E-state index contributed by atoms with van der Waals surface area (Å²) in [6.07, 6.45) is 0. The van der Waals surface area contributed by atoms with Crippen LogP contribution in [-0.4, -0.2) is 37.0 Å². The Bertz CT molecular complexity index is 195. The molecular weight excluding hydrogens is 154 g/mol. The van der Waals surface area contributed by atoms with E-state index in [9.17, 15) is 4.79 Å². The van der Waals surface area contributed by atoms with E-state index in [2.05, 4.69) is 5.32 Å². The van der Waals surface area contributed by atoms with Gasteiger partial charge in [0.15, 0.2) is 0 Å². The second-order valence-electron chi connectivity index (χ2n) is 2.97. The monoisotopic (exact) mass is 169 g/mol. The lowest BCUT2D eigenvalue weighted by Crippen LogP contribution is -2.44. The highest BCUT2D eigenvalue weighted by atomic mass is 16.2. The molecule has 4 heteroatoms. The number of rotatable bonds is 3. The number of hydrogen-bond donors (Lipinski definition) is 1. The van der Waals surface area contributed by atoms with Crippen LogP contribution in [0.3, 0.4) is 0 Å². The minimum atomic E-state index is -0.297. The van der Waals surface area contributed by atoms with Gasteiger partial charge < -0.3 is 4.90 Å². The minimum absolute atomic E-state index is 0.0166. The van der Waals surface area contributed by atoms with Crippen LogP contribution in [0.2, 0.25) is 0 Å². The van der Waals surface area contributed by atoms with Crippen LogP contribution in [0.5, 0.6) is 0 Å². The predicted molar refractivity (Wildman–Crippen MR) is 46.4 cm³/mol. The van der Waals surface area contributed by atoms with E-state index >= 15 is 0 Å². The summed E-state index contributed by atoms with van der Waals surface area (Å²) >= 11 is 0. The first-order valence-corrected chi connectivity index (χ1v) is 3.86. The molecule has 0 radical (unpaired) electrons. The van der Waals surface area contributed by atoms with Gasteiger partial charge in [0.25, 0.3) is 0 Å². The number of nitrogens with zero attached hydrogens (tertiary/aromatic N) is 2. The fourth-order valence-electron chi connectivity index (χ4n) is 0.871. The van der Waals surface area contributed by atoms with Gasteiger partial charge in [-0.05, 0) is 13.8 Å². The van der Waals surface area contributed by atoms with E-state index in [1.54, 1.807) is 27.9 Å². The molecule has 0 aliphatic carbocycles. The van der Waals surface area contributed by atoms with Gasteiger partial charge in [-0.1, -0.05) is 0 Å². The first-order chi connectivity index (χ1) is 5.49. The first-order valence-electron chi connectivity index (χ1n) is 3.86. The molecule has 2 atom stereocenters. The van der Waals surface area contributed by atoms with Crippen LogP contribution in [0.1, 0.15) is 13.8 Å². The molecule has 0 aromatic heterocycles. The number of nitriles is 1. The van der Waals surface area contributed by atoms with Gasteiger partial charge in [0.05, 0.1) is 18.2 Å². The fourth-order valence-corrected chi connectivity index (χ4v) is 0.871. The molecular formula is C8H15N3O. The molecule has 0 aromatic carbocycles. The van der Waals surface area contributed by atoms with Crippen molar-refractivity contribution < 1.29 is 4.79 Å². The van der Waals surface area contributed by atoms with Gasteiger partial charge in [-0.15, -0.1) is 0 Å². The lowest BCUT2D eigenvalue weighted by atomic mass is 10.2. The molecule has 0 spiro atoms. The Hall–Kier alpha value is -1.08. The highest BCUT2D eigenvalue weighted by Gasteiger charge is 2.15. The smallest absolute Gasteiger partial charge is 0.238 e. The van der Waals surface area contributed by atoms with E-state index in [1.807, 2.05) is 6.07 Å². The molecule has 12 heavy (non-hydrogen) atoms. The molecule has 0 saturated heterocycles. The molecule has 1 N–H and O–H groups in total. The number of hydrogen-bond acceptors (Lipinski definition) is 3. The van der Waals surface area contributed by atoms with Crippen LogP contribution in [0, 0.1) is 11.3 Å². The molecule has 0 aliphatic rings. The number of nitrogens with one attached hydrogen (secondary N) is 1. The van der Waals surface area contributed by atoms with Gasteiger partial charge >= 0.3 is 0 Å². The molecule has 0 rings (SSSR count). The summed E-state index contributed by atoms with van der Waals surface area (Å²) in [5, 5.41) is 11.3. The largest absolute Gasteiger partial charge is 0.347 e. The van der Waals surface area contributed by atoms with Gasteiger partial charge in [-0.3, -0.25) is 10.1 Å². The maximum Gasteiger partial charge on any atom is 0.238 e. The Morgan fingerprint density at radius 2 is 2.00 bits per heavy atom. The maximum atomic E-state index is 11.2. The minimum Gasteiger partial charge on any atom is -0.347 e. The van der Waals surface area contributed by atoms with Crippen molar-refractivity contribution in [1.29, 1.82) is 5.26 Å². The van der Waals surface area contributed by atoms with Crippen LogP contribution in [0.15, 0.2) is 0 Å². The molecule has 0 aromatic rings. The van der Waals surface area contributed by atoms with Crippen molar-refractivity contribution in [2.24, 2.45) is 0 Å². The van der Waals surface area contributed by atoms with Gasteiger partial charge in [0, 0.05) is 14.1 Å². The summed E-state index contributed by atoms with van der Waals surface area (Å²) < 4.78 is 0. The average Bonchev–Trinajstić information content (AvgIpc) is 2.02. The van der Waals surface area contributed by atoms with Crippen molar-refractivity contribution in [3.05, 3.63) is 0 Å². The van der Waals surface area contributed by atoms with E-state index in [0.717, 1.165) is 0 Å². The second-order valence-corrected chi connectivity index (χ2v) is 2.97. The number of likely N-dealkylation sites (N-methyl/N-ethyl adjacent to an activating group) is 1. The van der Waals surface area contributed by atoms with Crippen molar-refractivity contribution in [1.82, 2.24) is 10.2 Å². The topological polar surface area (TPSA) is 56.1 Å². The van der Waals surface area contributed by atoms with Crippen LogP contribution < -0.4 is 5.32 Å². The average molecular weight is 169 g/mol. The lowest BCUT2D eigenvalue weighted by Gasteiger charge is -2.18. The summed E-state index contributed by atoms with van der Waals surface area (Å²) in [6, 6.07) is 1.42. The zero-order chi connectivity index (χ0) is 9.72. The third kappa shape index (κ3) is 3.35. The Labute approximate surface area is 73.2 Å². The van der Waals surface area contributed by atoms with Gasteiger partial charge in [0.2, 0.25) is 5.91 Å². The van der Waals surface area contributed by atoms with E-state index < -0.39 is 0 Å². The summed E-state index contributed by atoms with van der Waals surface area (Å²) in [5.41, 5.74) is 0. The number of carbonyl (C=O) groups excluding carboxylic acids is 1. The van der Waals surface area contributed by atoms with Crippen LogP contribution in [-0.2, 0) is 4.79 Å². The van der Waals surface area contributed by atoms with Crippen LogP contribution in [0.4, 0.5) is 0 Å². The first kappa shape index (κ1) is 10.9. The zero-order valence-electron chi connectivity index (χ0n) is 7.96. The highest BCUT2D eigenvalue weighted by Crippen LogP contribution is 1.90. The quantitative estimate of drug-likeness (QED) is 0.645. The third-order valence-electron chi connectivity index (χ3n) is 1.50. The Morgan fingerprint density at radius 1 is 1.50 bits per heavy atom. The molecule has 0 aliphatic heterocycles. The molecule has 0 bridgehead atoms. The summed E-state index contributed by atoms with van der Waals surface area (Å²) in [7, 11) is 3.38. The summed E-state index contributed by atoms with van der Waals surface area (Å²) in [5.74, 6) is -0.0166. The summed E-state index contributed by atoms with van der Waals surface area (Å²) in [4.78, 5) is 12.7. The standard InChI is InChI=1S/C8H15N3O/c1-6(5-9)10-7(2)8(12)11(3)4/h6-7,10H,1-4H3. The van der Waals surface area contributed by atoms with Gasteiger partial charge in [0.1, 0.15) is 0 Å². The van der Waals surface area contributed by atoms with Crippen molar-refractivity contribution >= 4 is 5.91 Å². The number of carbonyl (C=O) groups is 1. The van der Waals surface area contributed by atoms with E-state index in [4.69, 9.17) is 5.26 Å². The zero-order valence-corrected chi connectivity index (χ0v) is 7.96. The lowest BCUT2D eigenvalue weighted by molar-refractivity contribution is -0.130. The SMILES string of the molecule is CC(C#N)NC(C)C(=O)N(C)C. The second kappa shape index (κ2) is 4.73. The maximum absolute atomic E-state index is 11.2. The Morgan fingerprint density at radius 3 is 2.33 bits per heavy atom. The molecule has 4 nitrogen and oxygen atoms in total. The van der Waals surface area contributed by atoms with E-state index in [0.29, 0.717) is 0 Å². The van der Waals surface area contributed by atoms with Gasteiger partial charge in [-0.25, -0.2) is 0 Å². The van der Waals surface area contributed by atoms with Crippen molar-refractivity contribution in [2.45, 2.75) is 25.9 Å². The van der Waals surface area contributed by atoms with Crippen molar-refractivity contribution in [2.75, 3.05) is 14.1 Å². The van der Waals surface area contributed by atoms with E-state index in [1.165, 1.54) is 4.90 Å². The predicted octanol–water partition coefficient (Wildman–Crippen LogP) is -0.0352. The van der Waals surface area contributed by atoms with E-state index in [-0.39, 0.29) is 18.0 Å². The molecule has 68 valence electrons. The number of amides is 1. The van der Waals surface area contributed by atoms with Gasteiger partial charge in [-0.2, -0.15) is 5.26 Å². The van der Waals surface area contributed by atoms with Crippen LogP contribution in [0.25, 0.3) is 0 Å². The normalized spacial score (nSPS) is 14.6. The fraction of sp³-hybridized carbons (Fsp3) is 0.750. The third-order valence-corrected chi connectivity index (χ3v) is 1.50. The molecule has 0 heterocycles. The van der Waals surface area contributed by atoms with Crippen molar-refractivity contribution in [3.8, 4) is 6.07 Å². The molecule has 0 saturated carbocycles.